The fourth-order valence-corrected chi connectivity index (χ4v) is 2.68. The lowest BCUT2D eigenvalue weighted by atomic mass is 9.93. The van der Waals surface area contributed by atoms with Crippen LogP contribution in [0.4, 0.5) is 0 Å². The van der Waals surface area contributed by atoms with E-state index in [0.29, 0.717) is 12.5 Å². The van der Waals surface area contributed by atoms with Crippen LogP contribution in [0.25, 0.3) is 0 Å². The molecule has 20 heavy (non-hydrogen) atoms. The van der Waals surface area contributed by atoms with Crippen molar-refractivity contribution < 1.29 is 4.79 Å². The highest BCUT2D eigenvalue weighted by Crippen LogP contribution is 2.35. The Hall–Kier alpha value is -1.35. The Morgan fingerprint density at radius 2 is 1.85 bits per heavy atom. The molecule has 2 aliphatic rings. The smallest absolute Gasteiger partial charge is 0.220 e. The van der Waals surface area contributed by atoms with Gasteiger partial charge in [-0.25, -0.2) is 0 Å². The molecule has 0 saturated heterocycles. The maximum absolute atomic E-state index is 11.8. The molecule has 3 rings (SSSR count). The van der Waals surface area contributed by atoms with Crippen LogP contribution in [0.3, 0.4) is 0 Å². The van der Waals surface area contributed by atoms with Crippen LogP contribution in [0.1, 0.15) is 49.7 Å². The van der Waals surface area contributed by atoms with Crippen LogP contribution in [-0.2, 0) is 17.6 Å². The third-order valence-electron chi connectivity index (χ3n) is 4.58. The van der Waals surface area contributed by atoms with E-state index in [1.165, 1.54) is 17.5 Å². The molecule has 0 radical (unpaired) electrons. The van der Waals surface area contributed by atoms with E-state index in [9.17, 15) is 4.79 Å². The summed E-state index contributed by atoms with van der Waals surface area (Å²) in [6.45, 7) is 0. The van der Waals surface area contributed by atoms with Gasteiger partial charge in [-0.15, -0.1) is 0 Å². The Bertz CT molecular complexity index is 472. The van der Waals surface area contributed by atoms with Gasteiger partial charge in [0.05, 0.1) is 0 Å². The van der Waals surface area contributed by atoms with Gasteiger partial charge in [0.2, 0.25) is 5.91 Å². The highest BCUT2D eigenvalue weighted by atomic mass is 16.1. The number of benzene rings is 1. The maximum Gasteiger partial charge on any atom is 0.220 e. The van der Waals surface area contributed by atoms with Crippen LogP contribution in [0.15, 0.2) is 24.3 Å². The molecular weight excluding hydrogens is 248 g/mol. The number of hydrogen-bond acceptors (Lipinski definition) is 2. The monoisotopic (exact) mass is 272 g/mol. The predicted octanol–water partition coefficient (Wildman–Crippen LogP) is 2.32. The van der Waals surface area contributed by atoms with Crippen LogP contribution >= 0.6 is 0 Å². The Labute approximate surface area is 120 Å². The average molecular weight is 272 g/mol. The summed E-state index contributed by atoms with van der Waals surface area (Å²) >= 11 is 0. The largest absolute Gasteiger partial charge is 0.353 e. The van der Waals surface area contributed by atoms with Crippen molar-refractivity contribution in [2.45, 2.75) is 62.9 Å². The van der Waals surface area contributed by atoms with Crippen LogP contribution < -0.4 is 11.1 Å². The standard InChI is InChI=1S/C17H24N2O/c18-17(10-11-17)12-14-6-4-13(5-7-14)8-9-16(20)19-15-2-1-3-15/h4-7,15H,1-3,8-12,18H2,(H,19,20). The van der Waals surface area contributed by atoms with Crippen molar-refractivity contribution in [3.63, 3.8) is 0 Å². The molecular formula is C17H24N2O. The molecule has 1 aromatic rings. The molecule has 0 bridgehead atoms. The minimum Gasteiger partial charge on any atom is -0.353 e. The van der Waals surface area contributed by atoms with Crippen molar-refractivity contribution in [1.29, 1.82) is 0 Å². The molecule has 0 spiro atoms. The van der Waals surface area contributed by atoms with Crippen LogP contribution in [0.2, 0.25) is 0 Å². The Balaban J connectivity index is 1.44. The lowest BCUT2D eigenvalue weighted by Gasteiger charge is -2.26. The number of carbonyl (C=O) groups is 1. The lowest BCUT2D eigenvalue weighted by molar-refractivity contribution is -0.122. The molecule has 108 valence electrons. The average Bonchev–Trinajstić information content (AvgIpc) is 3.11. The van der Waals surface area contributed by atoms with Gasteiger partial charge in [-0.2, -0.15) is 0 Å². The summed E-state index contributed by atoms with van der Waals surface area (Å²) in [5.41, 5.74) is 8.75. The van der Waals surface area contributed by atoms with Crippen LogP contribution in [-0.4, -0.2) is 17.5 Å². The Kier molecular flexibility index (Phi) is 3.79. The van der Waals surface area contributed by atoms with E-state index >= 15 is 0 Å². The first-order chi connectivity index (χ1) is 9.63. The van der Waals surface area contributed by atoms with Crippen LogP contribution in [0, 0.1) is 0 Å². The molecule has 3 N–H and O–H groups in total. The van der Waals surface area contributed by atoms with E-state index in [4.69, 9.17) is 5.73 Å². The zero-order chi connectivity index (χ0) is 14.0. The van der Waals surface area contributed by atoms with Crippen molar-refractivity contribution in [2.75, 3.05) is 0 Å². The van der Waals surface area contributed by atoms with Gasteiger partial charge in [-0.05, 0) is 56.1 Å². The molecule has 0 atom stereocenters. The summed E-state index contributed by atoms with van der Waals surface area (Å²) < 4.78 is 0. The van der Waals surface area contributed by atoms with Gasteiger partial charge in [0.25, 0.3) is 0 Å². The second-order valence-electron chi connectivity index (χ2n) is 6.55. The zero-order valence-corrected chi connectivity index (χ0v) is 12.0. The quantitative estimate of drug-likeness (QED) is 0.835. The van der Waals surface area contributed by atoms with Gasteiger partial charge in [-0.3, -0.25) is 4.79 Å². The van der Waals surface area contributed by atoms with Crippen molar-refractivity contribution in [1.82, 2.24) is 5.32 Å². The Morgan fingerprint density at radius 1 is 1.20 bits per heavy atom. The van der Waals surface area contributed by atoms with Gasteiger partial charge in [0.15, 0.2) is 0 Å². The van der Waals surface area contributed by atoms with E-state index in [-0.39, 0.29) is 11.4 Å². The summed E-state index contributed by atoms with van der Waals surface area (Å²) in [4.78, 5) is 11.8. The lowest BCUT2D eigenvalue weighted by Crippen LogP contribution is -2.39. The summed E-state index contributed by atoms with van der Waals surface area (Å²) in [6.07, 6.45) is 8.27. The second kappa shape index (κ2) is 5.57. The molecule has 3 heteroatoms. The minimum atomic E-state index is 0.0736. The molecule has 2 saturated carbocycles. The summed E-state index contributed by atoms with van der Waals surface area (Å²) in [6, 6.07) is 9.04. The number of nitrogens with two attached hydrogens (primary N) is 1. The third kappa shape index (κ3) is 3.60. The number of nitrogens with one attached hydrogen (secondary N) is 1. The van der Waals surface area contributed by atoms with E-state index in [2.05, 4.69) is 29.6 Å². The fourth-order valence-electron chi connectivity index (χ4n) is 2.68. The minimum absolute atomic E-state index is 0.0736. The number of rotatable bonds is 6. The van der Waals surface area contributed by atoms with Crippen molar-refractivity contribution in [2.24, 2.45) is 5.73 Å². The summed E-state index contributed by atoms with van der Waals surface area (Å²) in [5, 5.41) is 3.08. The van der Waals surface area contributed by atoms with E-state index in [0.717, 1.165) is 38.5 Å². The zero-order valence-electron chi connectivity index (χ0n) is 12.0. The van der Waals surface area contributed by atoms with Crippen molar-refractivity contribution in [3.05, 3.63) is 35.4 Å². The number of aryl methyl sites for hydroxylation is 1. The molecule has 1 aromatic carbocycles. The molecule has 2 fully saturated rings. The first kappa shape index (κ1) is 13.6. The fraction of sp³-hybridized carbons (Fsp3) is 0.588. The molecule has 3 nitrogen and oxygen atoms in total. The molecule has 0 heterocycles. The highest BCUT2D eigenvalue weighted by molar-refractivity contribution is 5.76. The molecule has 1 amide bonds. The van der Waals surface area contributed by atoms with Crippen molar-refractivity contribution >= 4 is 5.91 Å². The van der Waals surface area contributed by atoms with Crippen LogP contribution in [0.5, 0.6) is 0 Å². The number of hydrogen-bond donors (Lipinski definition) is 2. The van der Waals surface area contributed by atoms with E-state index in [1.54, 1.807) is 0 Å². The van der Waals surface area contributed by atoms with Crippen molar-refractivity contribution in [3.8, 4) is 0 Å². The second-order valence-corrected chi connectivity index (χ2v) is 6.55. The highest BCUT2D eigenvalue weighted by Gasteiger charge is 2.37. The van der Waals surface area contributed by atoms with E-state index < -0.39 is 0 Å². The number of amides is 1. The SMILES string of the molecule is NC1(Cc2ccc(CCC(=O)NC3CCC3)cc2)CC1. The van der Waals surface area contributed by atoms with Gasteiger partial charge in [0.1, 0.15) is 0 Å². The van der Waals surface area contributed by atoms with Gasteiger partial charge in [-0.1, -0.05) is 24.3 Å². The van der Waals surface area contributed by atoms with E-state index in [1.807, 2.05) is 0 Å². The first-order valence-corrected chi connectivity index (χ1v) is 7.79. The predicted molar refractivity (Wildman–Crippen MR) is 80.4 cm³/mol. The molecule has 2 aliphatic carbocycles. The van der Waals surface area contributed by atoms with Gasteiger partial charge in [0, 0.05) is 18.0 Å². The summed E-state index contributed by atoms with van der Waals surface area (Å²) in [5.74, 6) is 0.192. The third-order valence-corrected chi connectivity index (χ3v) is 4.58. The van der Waals surface area contributed by atoms with Gasteiger partial charge >= 0.3 is 0 Å². The molecule has 0 aromatic heterocycles. The Morgan fingerprint density at radius 3 is 2.40 bits per heavy atom. The molecule has 0 unspecified atom stereocenters. The first-order valence-electron chi connectivity index (χ1n) is 7.79. The molecule has 0 aliphatic heterocycles. The topological polar surface area (TPSA) is 55.1 Å². The number of carbonyl (C=O) groups excluding carboxylic acids is 1. The summed E-state index contributed by atoms with van der Waals surface area (Å²) in [7, 11) is 0. The normalized spacial score (nSPS) is 20.2. The van der Waals surface area contributed by atoms with Gasteiger partial charge < -0.3 is 11.1 Å². The maximum atomic E-state index is 11.8.